The van der Waals surface area contributed by atoms with Crippen molar-refractivity contribution in [3.05, 3.63) is 0 Å². The van der Waals surface area contributed by atoms with Crippen molar-refractivity contribution in [3.8, 4) is 0 Å². The second-order valence-electron chi connectivity index (χ2n) is 2.71. The van der Waals surface area contributed by atoms with Gasteiger partial charge in [0, 0.05) is 21.3 Å². The van der Waals surface area contributed by atoms with E-state index in [1.54, 1.807) is 0 Å². The summed E-state index contributed by atoms with van der Waals surface area (Å²) < 4.78 is 43.2. The predicted octanol–water partition coefficient (Wildman–Crippen LogP) is -0.736. The Bertz CT molecular complexity index is 278. The van der Waals surface area contributed by atoms with Gasteiger partial charge in [-0.2, -0.15) is 0 Å². The normalized spacial score (nSPS) is 20.5. The molecule has 2 unspecified atom stereocenters. The van der Waals surface area contributed by atoms with E-state index in [1.807, 2.05) is 0 Å². The SMILES string of the molecule is COC(COP(=O)([O-])OC)COP(=O)([O-])OC. The van der Waals surface area contributed by atoms with Crippen LogP contribution in [0.2, 0.25) is 0 Å². The van der Waals surface area contributed by atoms with Gasteiger partial charge < -0.3 is 32.6 Å². The first-order valence-corrected chi connectivity index (χ1v) is 7.24. The third kappa shape index (κ3) is 7.99. The molecule has 0 amide bonds. The number of hydrogen-bond donors (Lipinski definition) is 0. The van der Waals surface area contributed by atoms with Crippen LogP contribution in [0.15, 0.2) is 0 Å². The maximum atomic E-state index is 10.8. The van der Waals surface area contributed by atoms with E-state index >= 15 is 0 Å². The van der Waals surface area contributed by atoms with E-state index in [-0.39, 0.29) is 0 Å². The highest BCUT2D eigenvalue weighted by Gasteiger charge is 2.16. The van der Waals surface area contributed by atoms with Crippen molar-refractivity contribution in [3.63, 3.8) is 0 Å². The Morgan fingerprint density at radius 2 is 1.29 bits per heavy atom. The molecule has 0 aliphatic rings. The molecule has 0 rings (SSSR count). The fourth-order valence-electron chi connectivity index (χ4n) is 0.638. The Labute approximate surface area is 98.8 Å². The first-order chi connectivity index (χ1) is 7.76. The highest BCUT2D eigenvalue weighted by Crippen LogP contribution is 2.38. The fourth-order valence-corrected chi connectivity index (χ4v) is 1.55. The van der Waals surface area contributed by atoms with Crippen LogP contribution in [-0.4, -0.2) is 40.6 Å². The van der Waals surface area contributed by atoms with Gasteiger partial charge in [-0.05, 0) is 0 Å². The van der Waals surface area contributed by atoms with Gasteiger partial charge >= 0.3 is 0 Å². The average Bonchev–Trinajstić information content (AvgIpc) is 2.29. The summed E-state index contributed by atoms with van der Waals surface area (Å²) in [5.74, 6) is 0. The minimum atomic E-state index is -4.38. The summed E-state index contributed by atoms with van der Waals surface area (Å²) in [5.41, 5.74) is 0. The maximum Gasteiger partial charge on any atom is 0.267 e. The first-order valence-electron chi connectivity index (χ1n) is 4.31. The van der Waals surface area contributed by atoms with Crippen molar-refractivity contribution in [2.45, 2.75) is 6.10 Å². The quantitative estimate of drug-likeness (QED) is 0.505. The molecule has 0 aromatic carbocycles. The van der Waals surface area contributed by atoms with E-state index in [1.165, 1.54) is 7.11 Å². The molecule has 0 N–H and O–H groups in total. The molecule has 0 spiro atoms. The van der Waals surface area contributed by atoms with Crippen LogP contribution in [0, 0.1) is 0 Å². The van der Waals surface area contributed by atoms with E-state index in [9.17, 15) is 18.9 Å². The topological polar surface area (TPSA) is 126 Å². The van der Waals surface area contributed by atoms with Crippen LogP contribution in [0.1, 0.15) is 0 Å². The van der Waals surface area contributed by atoms with E-state index in [0.29, 0.717) is 0 Å². The Balaban J connectivity index is 4.10. The summed E-state index contributed by atoms with van der Waals surface area (Å²) in [5, 5.41) is 0. The molecule has 0 saturated heterocycles. The Morgan fingerprint density at radius 1 is 0.941 bits per heavy atom. The van der Waals surface area contributed by atoms with Crippen molar-refractivity contribution in [2.24, 2.45) is 0 Å². The van der Waals surface area contributed by atoms with Gasteiger partial charge in [-0.3, -0.25) is 9.13 Å². The summed E-state index contributed by atoms with van der Waals surface area (Å²) in [6, 6.07) is 0. The van der Waals surface area contributed by atoms with E-state index < -0.39 is 35.0 Å². The van der Waals surface area contributed by atoms with Crippen LogP contribution < -0.4 is 9.79 Å². The molecule has 0 fully saturated rings. The Kier molecular flexibility index (Phi) is 7.66. The summed E-state index contributed by atoms with van der Waals surface area (Å²) in [6.07, 6.45) is -0.898. The van der Waals surface area contributed by atoms with Crippen molar-refractivity contribution < 1.29 is 41.7 Å². The Hall–Kier alpha value is 0.180. The minimum Gasteiger partial charge on any atom is -0.756 e. The number of ether oxygens (including phenoxy) is 1. The maximum absolute atomic E-state index is 10.8. The van der Waals surface area contributed by atoms with Crippen LogP contribution in [0.5, 0.6) is 0 Å². The molecule has 0 aromatic heterocycles. The zero-order chi connectivity index (χ0) is 13.5. The lowest BCUT2D eigenvalue weighted by atomic mass is 10.4. The zero-order valence-electron chi connectivity index (χ0n) is 9.56. The second-order valence-corrected chi connectivity index (χ2v) is 5.74. The molecule has 0 bridgehead atoms. The van der Waals surface area contributed by atoms with Gasteiger partial charge in [0.2, 0.25) is 0 Å². The van der Waals surface area contributed by atoms with Crippen molar-refractivity contribution in [1.29, 1.82) is 0 Å². The molecule has 0 aliphatic carbocycles. The number of phosphoric acid groups is 2. The monoisotopic (exact) mass is 292 g/mol. The molecule has 0 aromatic rings. The van der Waals surface area contributed by atoms with Crippen molar-refractivity contribution in [1.82, 2.24) is 0 Å². The summed E-state index contributed by atoms with van der Waals surface area (Å²) in [6.45, 7) is -0.871. The van der Waals surface area contributed by atoms with E-state index in [4.69, 9.17) is 4.74 Å². The molecule has 17 heavy (non-hydrogen) atoms. The first kappa shape index (κ1) is 17.2. The lowest BCUT2D eigenvalue weighted by Gasteiger charge is -2.26. The highest BCUT2D eigenvalue weighted by molar-refractivity contribution is 7.46. The molecular weight excluding hydrogens is 278 g/mol. The number of hydrogen-bond acceptors (Lipinski definition) is 9. The summed E-state index contributed by atoms with van der Waals surface area (Å²) in [7, 11) is -5.65. The van der Waals surface area contributed by atoms with Crippen LogP contribution in [0.25, 0.3) is 0 Å². The molecule has 104 valence electrons. The standard InChI is InChI=1S/C6H16O9P2/c1-11-6(4-14-16(7,8)12-2)5-15-17(9,10)13-3/h6H,4-5H2,1-3H3,(H,7,8)(H,9,10)/p-2. The number of phosphoric ester groups is 2. The van der Waals surface area contributed by atoms with Gasteiger partial charge in [-0.1, -0.05) is 0 Å². The molecule has 0 aliphatic heterocycles. The van der Waals surface area contributed by atoms with Gasteiger partial charge in [-0.15, -0.1) is 0 Å². The average molecular weight is 292 g/mol. The van der Waals surface area contributed by atoms with E-state index in [2.05, 4.69) is 18.1 Å². The lowest BCUT2D eigenvalue weighted by molar-refractivity contribution is -0.228. The minimum absolute atomic E-state index is 0.436. The molecule has 11 heteroatoms. The molecular formula is C6H14O9P2-2. The Morgan fingerprint density at radius 3 is 1.53 bits per heavy atom. The lowest BCUT2D eigenvalue weighted by Crippen LogP contribution is -2.26. The van der Waals surface area contributed by atoms with Gasteiger partial charge in [0.25, 0.3) is 15.6 Å². The second kappa shape index (κ2) is 7.58. The van der Waals surface area contributed by atoms with Crippen molar-refractivity contribution >= 4 is 15.6 Å². The fraction of sp³-hybridized carbons (Fsp3) is 1.00. The summed E-state index contributed by atoms with van der Waals surface area (Å²) in [4.78, 5) is 21.6. The highest BCUT2D eigenvalue weighted by atomic mass is 31.2. The van der Waals surface area contributed by atoms with Gasteiger partial charge in [-0.25, -0.2) is 0 Å². The molecule has 2 atom stereocenters. The number of methoxy groups -OCH3 is 1. The molecule has 0 saturated carbocycles. The van der Waals surface area contributed by atoms with Gasteiger partial charge in [0.15, 0.2) is 0 Å². The van der Waals surface area contributed by atoms with Crippen molar-refractivity contribution in [2.75, 3.05) is 34.5 Å². The molecule has 9 nitrogen and oxygen atoms in total. The van der Waals surface area contributed by atoms with Gasteiger partial charge in [0.05, 0.1) is 13.2 Å². The summed E-state index contributed by atoms with van der Waals surface area (Å²) >= 11 is 0. The zero-order valence-corrected chi connectivity index (χ0v) is 11.3. The van der Waals surface area contributed by atoms with Crippen LogP contribution in [-0.2, 0) is 32.0 Å². The van der Waals surface area contributed by atoms with E-state index in [0.717, 1.165) is 14.2 Å². The smallest absolute Gasteiger partial charge is 0.267 e. The largest absolute Gasteiger partial charge is 0.756 e. The predicted molar refractivity (Wildman–Crippen MR) is 51.9 cm³/mol. The van der Waals surface area contributed by atoms with Crippen LogP contribution in [0.4, 0.5) is 0 Å². The van der Waals surface area contributed by atoms with Gasteiger partial charge in [0.1, 0.15) is 6.10 Å². The number of rotatable bonds is 9. The third-order valence-electron chi connectivity index (χ3n) is 1.62. The molecule has 0 radical (unpaired) electrons. The molecule has 0 heterocycles. The van der Waals surface area contributed by atoms with Crippen LogP contribution in [0.3, 0.4) is 0 Å². The third-order valence-corrected chi connectivity index (χ3v) is 3.44. The van der Waals surface area contributed by atoms with Crippen LogP contribution >= 0.6 is 15.6 Å².